The second-order valence-corrected chi connectivity index (χ2v) is 5.58. The third-order valence-electron chi connectivity index (χ3n) is 2.06. The van der Waals surface area contributed by atoms with E-state index in [0.29, 0.717) is 6.42 Å². The number of sulfonamides is 1. The average Bonchev–Trinajstić information content (AvgIpc) is 2.24. The van der Waals surface area contributed by atoms with Crippen LogP contribution in [0.3, 0.4) is 0 Å². The van der Waals surface area contributed by atoms with Crippen molar-refractivity contribution in [3.63, 3.8) is 0 Å². The van der Waals surface area contributed by atoms with E-state index in [4.69, 9.17) is 5.73 Å². The second-order valence-electron chi connectivity index (χ2n) is 3.48. The lowest BCUT2D eigenvalue weighted by atomic mass is 10.2. The summed E-state index contributed by atoms with van der Waals surface area (Å²) in [6.07, 6.45) is 1.48. The molecular weight excluding hydrogens is 266 g/mol. The van der Waals surface area contributed by atoms with E-state index in [9.17, 15) is 13.2 Å². The Morgan fingerprint density at radius 3 is 2.35 bits per heavy atom. The minimum absolute atomic E-state index is 0. The molecule has 0 aromatic carbocycles. The summed E-state index contributed by atoms with van der Waals surface area (Å²) in [5, 5.41) is 2.57. The van der Waals surface area contributed by atoms with Gasteiger partial charge in [0.1, 0.15) is 0 Å². The summed E-state index contributed by atoms with van der Waals surface area (Å²) in [5.74, 6) is -0.200. The molecule has 0 radical (unpaired) electrons. The van der Waals surface area contributed by atoms with Gasteiger partial charge in [-0.25, -0.2) is 13.1 Å². The Morgan fingerprint density at radius 1 is 1.29 bits per heavy atom. The van der Waals surface area contributed by atoms with Gasteiger partial charge in [0.15, 0.2) is 0 Å². The van der Waals surface area contributed by atoms with Crippen LogP contribution >= 0.6 is 12.4 Å². The molecule has 4 N–H and O–H groups in total. The van der Waals surface area contributed by atoms with Gasteiger partial charge in [-0.05, 0) is 13.3 Å². The molecule has 8 heteroatoms. The van der Waals surface area contributed by atoms with E-state index < -0.39 is 16.1 Å². The lowest BCUT2D eigenvalue weighted by Gasteiger charge is -2.11. The van der Waals surface area contributed by atoms with Crippen molar-refractivity contribution in [3.8, 4) is 0 Å². The highest BCUT2D eigenvalue weighted by atomic mass is 35.5. The summed E-state index contributed by atoms with van der Waals surface area (Å²) in [6, 6.07) is -0.507. The number of carbonyl (C=O) groups excluding carboxylic acids is 1. The van der Waals surface area contributed by atoms with Crippen LogP contribution in [-0.2, 0) is 14.8 Å². The summed E-state index contributed by atoms with van der Waals surface area (Å²) >= 11 is 0. The molecule has 0 saturated carbocycles. The van der Waals surface area contributed by atoms with Crippen LogP contribution in [0.15, 0.2) is 0 Å². The molecule has 0 spiro atoms. The van der Waals surface area contributed by atoms with Crippen molar-refractivity contribution in [1.29, 1.82) is 0 Å². The SMILES string of the molecule is CCCC(N)C(=O)NCCNS(=O)(=O)CC.Cl. The second kappa shape index (κ2) is 9.64. The molecule has 0 bridgehead atoms. The smallest absolute Gasteiger partial charge is 0.236 e. The van der Waals surface area contributed by atoms with Gasteiger partial charge in [0, 0.05) is 13.1 Å². The molecule has 0 aliphatic carbocycles. The predicted octanol–water partition coefficient (Wildman–Crippen LogP) is -0.409. The lowest BCUT2D eigenvalue weighted by molar-refractivity contribution is -0.122. The number of amides is 1. The highest BCUT2D eigenvalue weighted by molar-refractivity contribution is 7.89. The first kappa shape index (κ1) is 19.0. The van der Waals surface area contributed by atoms with Crippen molar-refractivity contribution in [2.24, 2.45) is 5.73 Å². The third kappa shape index (κ3) is 9.34. The van der Waals surface area contributed by atoms with Gasteiger partial charge in [0.25, 0.3) is 0 Å². The number of hydrogen-bond donors (Lipinski definition) is 3. The standard InChI is InChI=1S/C9H21N3O3S.ClH/c1-3-5-8(10)9(13)11-6-7-12-16(14,15)4-2;/h8,12H,3-7,10H2,1-2H3,(H,11,13);1H. The number of nitrogens with two attached hydrogens (primary N) is 1. The predicted molar refractivity (Wildman–Crippen MR) is 70.6 cm³/mol. The van der Waals surface area contributed by atoms with Crippen molar-refractivity contribution in [2.45, 2.75) is 32.7 Å². The molecule has 0 heterocycles. The fraction of sp³-hybridized carbons (Fsp3) is 0.889. The van der Waals surface area contributed by atoms with Crippen LogP contribution in [0.4, 0.5) is 0 Å². The van der Waals surface area contributed by atoms with E-state index in [1.54, 1.807) is 6.92 Å². The van der Waals surface area contributed by atoms with Gasteiger partial charge in [-0.15, -0.1) is 12.4 Å². The first-order valence-electron chi connectivity index (χ1n) is 5.43. The maximum atomic E-state index is 11.3. The van der Waals surface area contributed by atoms with Gasteiger partial charge in [0.05, 0.1) is 11.8 Å². The molecule has 17 heavy (non-hydrogen) atoms. The van der Waals surface area contributed by atoms with Crippen molar-refractivity contribution in [1.82, 2.24) is 10.0 Å². The van der Waals surface area contributed by atoms with E-state index in [2.05, 4.69) is 10.0 Å². The Balaban J connectivity index is 0. The zero-order valence-electron chi connectivity index (χ0n) is 10.2. The van der Waals surface area contributed by atoms with Crippen LogP contribution in [0.5, 0.6) is 0 Å². The van der Waals surface area contributed by atoms with Crippen LogP contribution in [0.25, 0.3) is 0 Å². The Bertz CT molecular complexity index is 309. The molecule has 104 valence electrons. The van der Waals surface area contributed by atoms with Gasteiger partial charge in [-0.3, -0.25) is 4.79 Å². The summed E-state index contributed by atoms with van der Waals surface area (Å²) in [5.41, 5.74) is 5.57. The summed E-state index contributed by atoms with van der Waals surface area (Å²) in [6.45, 7) is 3.96. The lowest BCUT2D eigenvalue weighted by Crippen LogP contribution is -2.43. The maximum Gasteiger partial charge on any atom is 0.236 e. The minimum atomic E-state index is -3.18. The van der Waals surface area contributed by atoms with Gasteiger partial charge >= 0.3 is 0 Å². The monoisotopic (exact) mass is 287 g/mol. The first-order valence-corrected chi connectivity index (χ1v) is 7.08. The van der Waals surface area contributed by atoms with Crippen LogP contribution in [-0.4, -0.2) is 39.2 Å². The Hall–Kier alpha value is -0.370. The molecule has 0 aliphatic heterocycles. The van der Waals surface area contributed by atoms with Gasteiger partial charge in [0.2, 0.25) is 15.9 Å². The normalized spacial score (nSPS) is 12.6. The maximum absolute atomic E-state index is 11.3. The molecule has 0 rings (SSSR count). The van der Waals surface area contributed by atoms with Crippen molar-refractivity contribution in [2.75, 3.05) is 18.8 Å². The van der Waals surface area contributed by atoms with E-state index in [0.717, 1.165) is 6.42 Å². The largest absolute Gasteiger partial charge is 0.353 e. The molecule has 0 saturated heterocycles. The van der Waals surface area contributed by atoms with Crippen LogP contribution in [0.1, 0.15) is 26.7 Å². The van der Waals surface area contributed by atoms with E-state index in [-0.39, 0.29) is 37.2 Å². The molecular formula is C9H22ClN3O3S. The molecule has 1 atom stereocenters. The summed E-state index contributed by atoms with van der Waals surface area (Å²) in [4.78, 5) is 11.3. The number of halogens is 1. The molecule has 1 unspecified atom stereocenters. The van der Waals surface area contributed by atoms with E-state index in [1.807, 2.05) is 6.92 Å². The van der Waals surface area contributed by atoms with Gasteiger partial charge in [-0.1, -0.05) is 13.3 Å². The fourth-order valence-electron chi connectivity index (χ4n) is 1.07. The minimum Gasteiger partial charge on any atom is -0.353 e. The Kier molecular flexibility index (Phi) is 10.8. The van der Waals surface area contributed by atoms with Gasteiger partial charge < -0.3 is 11.1 Å². The molecule has 0 aliphatic rings. The first-order chi connectivity index (χ1) is 7.43. The van der Waals surface area contributed by atoms with Crippen molar-refractivity contribution >= 4 is 28.3 Å². The van der Waals surface area contributed by atoms with Crippen molar-refractivity contribution in [3.05, 3.63) is 0 Å². The summed E-state index contributed by atoms with van der Waals surface area (Å²) in [7, 11) is -3.18. The molecule has 0 fully saturated rings. The zero-order valence-corrected chi connectivity index (χ0v) is 11.9. The molecule has 0 aromatic heterocycles. The van der Waals surface area contributed by atoms with Crippen molar-refractivity contribution < 1.29 is 13.2 Å². The molecule has 0 aromatic rings. The summed E-state index contributed by atoms with van der Waals surface area (Å²) < 4.78 is 24.4. The van der Waals surface area contributed by atoms with E-state index >= 15 is 0 Å². The van der Waals surface area contributed by atoms with E-state index in [1.165, 1.54) is 0 Å². The van der Waals surface area contributed by atoms with Gasteiger partial charge in [-0.2, -0.15) is 0 Å². The van der Waals surface area contributed by atoms with Crippen LogP contribution in [0, 0.1) is 0 Å². The Morgan fingerprint density at radius 2 is 1.88 bits per heavy atom. The number of nitrogens with one attached hydrogen (secondary N) is 2. The Labute approximate surface area is 109 Å². The topological polar surface area (TPSA) is 101 Å². The molecule has 1 amide bonds. The number of rotatable bonds is 8. The third-order valence-corrected chi connectivity index (χ3v) is 3.47. The number of carbonyl (C=O) groups is 1. The average molecular weight is 288 g/mol. The fourth-order valence-corrected chi connectivity index (χ4v) is 1.68. The van der Waals surface area contributed by atoms with Crippen LogP contribution < -0.4 is 15.8 Å². The quantitative estimate of drug-likeness (QED) is 0.528. The highest BCUT2D eigenvalue weighted by Crippen LogP contribution is 1.92. The number of hydrogen-bond acceptors (Lipinski definition) is 4. The highest BCUT2D eigenvalue weighted by Gasteiger charge is 2.11. The zero-order chi connectivity index (χ0) is 12.6. The van der Waals surface area contributed by atoms with Crippen LogP contribution in [0.2, 0.25) is 0 Å². The molecule has 6 nitrogen and oxygen atoms in total.